The third-order valence-electron chi connectivity index (χ3n) is 4.24. The Hall–Kier alpha value is -3.48. The average molecular weight is 360 g/mol. The van der Waals surface area contributed by atoms with Crippen LogP contribution in [0.2, 0.25) is 0 Å². The first-order chi connectivity index (χ1) is 13.2. The molecule has 0 spiro atoms. The van der Waals surface area contributed by atoms with Crippen LogP contribution in [0.1, 0.15) is 29.9 Å². The van der Waals surface area contributed by atoms with Crippen molar-refractivity contribution in [1.82, 2.24) is 24.9 Å². The molecule has 0 saturated carbocycles. The highest BCUT2D eigenvalue weighted by Crippen LogP contribution is 2.22. The van der Waals surface area contributed by atoms with Gasteiger partial charge in [-0.05, 0) is 31.5 Å². The number of anilines is 1. The lowest BCUT2D eigenvalue weighted by atomic mass is 10.2. The molecule has 0 bridgehead atoms. The van der Waals surface area contributed by atoms with Crippen LogP contribution in [0.3, 0.4) is 0 Å². The van der Waals surface area contributed by atoms with Crippen LogP contribution in [-0.2, 0) is 6.54 Å². The summed E-state index contributed by atoms with van der Waals surface area (Å²) in [6.45, 7) is 4.62. The molecule has 3 heterocycles. The SMILES string of the molecule is Cc1noc(-c2ccnc(NC(C)c3cnn(Cc4ccccc4)c3)c2)n1. The number of hydrogen-bond donors (Lipinski definition) is 1. The first kappa shape index (κ1) is 17.0. The molecule has 1 atom stereocenters. The van der Waals surface area contributed by atoms with Gasteiger partial charge in [0.15, 0.2) is 5.82 Å². The summed E-state index contributed by atoms with van der Waals surface area (Å²) >= 11 is 0. The van der Waals surface area contributed by atoms with Gasteiger partial charge in [-0.1, -0.05) is 35.5 Å². The third-order valence-corrected chi connectivity index (χ3v) is 4.24. The van der Waals surface area contributed by atoms with Crippen molar-refractivity contribution in [3.05, 3.63) is 78.0 Å². The Bertz CT molecular complexity index is 1020. The molecule has 1 unspecified atom stereocenters. The van der Waals surface area contributed by atoms with Crippen molar-refractivity contribution < 1.29 is 4.52 Å². The number of hydrogen-bond acceptors (Lipinski definition) is 6. The second kappa shape index (κ2) is 7.41. The zero-order valence-corrected chi connectivity index (χ0v) is 15.2. The van der Waals surface area contributed by atoms with E-state index in [0.29, 0.717) is 11.7 Å². The number of rotatable bonds is 6. The van der Waals surface area contributed by atoms with Gasteiger partial charge in [0, 0.05) is 23.5 Å². The Morgan fingerprint density at radius 2 is 2.04 bits per heavy atom. The van der Waals surface area contributed by atoms with Gasteiger partial charge in [0.25, 0.3) is 5.89 Å². The lowest BCUT2D eigenvalue weighted by Gasteiger charge is -2.13. The summed E-state index contributed by atoms with van der Waals surface area (Å²) < 4.78 is 7.16. The Labute approximate surface area is 157 Å². The van der Waals surface area contributed by atoms with Gasteiger partial charge in [0.05, 0.1) is 18.8 Å². The first-order valence-electron chi connectivity index (χ1n) is 8.77. The van der Waals surface area contributed by atoms with Crippen molar-refractivity contribution in [1.29, 1.82) is 0 Å². The second-order valence-electron chi connectivity index (χ2n) is 6.40. The molecular formula is C20H20N6O. The van der Waals surface area contributed by atoms with E-state index in [1.54, 1.807) is 13.1 Å². The molecule has 0 aliphatic rings. The summed E-state index contributed by atoms with van der Waals surface area (Å²) in [5.74, 6) is 1.84. The Kier molecular flexibility index (Phi) is 4.65. The van der Waals surface area contributed by atoms with Gasteiger partial charge in [-0.25, -0.2) is 4.98 Å². The van der Waals surface area contributed by atoms with Gasteiger partial charge in [-0.2, -0.15) is 10.1 Å². The van der Waals surface area contributed by atoms with Crippen LogP contribution in [0.4, 0.5) is 5.82 Å². The summed E-state index contributed by atoms with van der Waals surface area (Å²) in [6, 6.07) is 14.1. The maximum Gasteiger partial charge on any atom is 0.258 e. The van der Waals surface area contributed by atoms with Crippen molar-refractivity contribution in [2.75, 3.05) is 5.32 Å². The first-order valence-corrected chi connectivity index (χ1v) is 8.77. The molecule has 0 amide bonds. The van der Waals surface area contributed by atoms with E-state index in [1.807, 2.05) is 41.2 Å². The molecule has 0 saturated heterocycles. The molecule has 0 fully saturated rings. The van der Waals surface area contributed by atoms with E-state index >= 15 is 0 Å². The predicted molar refractivity (Wildman–Crippen MR) is 102 cm³/mol. The van der Waals surface area contributed by atoms with Crippen LogP contribution in [0, 0.1) is 6.92 Å². The minimum atomic E-state index is 0.0571. The van der Waals surface area contributed by atoms with Crippen molar-refractivity contribution >= 4 is 5.82 Å². The molecule has 1 aromatic carbocycles. The summed E-state index contributed by atoms with van der Waals surface area (Å²) in [5.41, 5.74) is 3.14. The quantitative estimate of drug-likeness (QED) is 0.562. The van der Waals surface area contributed by atoms with Gasteiger partial charge in [0.2, 0.25) is 0 Å². The lowest BCUT2D eigenvalue weighted by Crippen LogP contribution is -2.07. The highest BCUT2D eigenvalue weighted by Gasteiger charge is 2.12. The Balaban J connectivity index is 1.46. The summed E-state index contributed by atoms with van der Waals surface area (Å²) in [4.78, 5) is 8.64. The maximum absolute atomic E-state index is 5.22. The van der Waals surface area contributed by atoms with E-state index in [0.717, 1.165) is 23.5 Å². The minimum absolute atomic E-state index is 0.0571. The van der Waals surface area contributed by atoms with Gasteiger partial charge >= 0.3 is 0 Å². The summed E-state index contributed by atoms with van der Waals surface area (Å²) in [5, 5.41) is 11.7. The number of benzene rings is 1. The highest BCUT2D eigenvalue weighted by atomic mass is 16.5. The largest absolute Gasteiger partial charge is 0.363 e. The molecule has 0 aliphatic carbocycles. The number of aryl methyl sites for hydroxylation is 1. The molecule has 136 valence electrons. The molecule has 0 aliphatic heterocycles. The van der Waals surface area contributed by atoms with Crippen molar-refractivity contribution in [2.24, 2.45) is 0 Å². The molecule has 1 N–H and O–H groups in total. The van der Waals surface area contributed by atoms with Gasteiger partial charge in [-0.15, -0.1) is 0 Å². The second-order valence-corrected chi connectivity index (χ2v) is 6.40. The average Bonchev–Trinajstić information content (AvgIpc) is 3.32. The molecule has 3 aromatic heterocycles. The minimum Gasteiger partial charge on any atom is -0.363 e. The normalized spacial score (nSPS) is 12.1. The molecule has 7 heteroatoms. The monoisotopic (exact) mass is 360 g/mol. The maximum atomic E-state index is 5.22. The molecule has 4 rings (SSSR count). The number of nitrogens with one attached hydrogen (secondary N) is 1. The topological polar surface area (TPSA) is 81.7 Å². The van der Waals surface area contributed by atoms with E-state index in [9.17, 15) is 0 Å². The number of nitrogens with zero attached hydrogens (tertiary/aromatic N) is 5. The van der Waals surface area contributed by atoms with E-state index < -0.39 is 0 Å². The molecule has 7 nitrogen and oxygen atoms in total. The molecule has 27 heavy (non-hydrogen) atoms. The van der Waals surface area contributed by atoms with Crippen LogP contribution in [0.25, 0.3) is 11.5 Å². The van der Waals surface area contributed by atoms with E-state index in [2.05, 4.69) is 50.8 Å². The molecular weight excluding hydrogens is 340 g/mol. The third kappa shape index (κ3) is 4.03. The number of aromatic nitrogens is 5. The zero-order chi connectivity index (χ0) is 18.6. The standard InChI is InChI=1S/C20H20N6O/c1-14(18-11-22-26(13-18)12-16-6-4-3-5-7-16)23-19-10-17(8-9-21-19)20-24-15(2)25-27-20/h3-11,13-14H,12H2,1-2H3,(H,21,23). The summed E-state index contributed by atoms with van der Waals surface area (Å²) in [6.07, 6.45) is 5.66. The Morgan fingerprint density at radius 1 is 1.19 bits per heavy atom. The van der Waals surface area contributed by atoms with Gasteiger partial charge < -0.3 is 9.84 Å². The van der Waals surface area contributed by atoms with Crippen LogP contribution in [0.5, 0.6) is 0 Å². The van der Waals surface area contributed by atoms with Crippen LogP contribution < -0.4 is 5.32 Å². The molecule has 4 aromatic rings. The number of pyridine rings is 1. The van der Waals surface area contributed by atoms with Crippen molar-refractivity contribution in [3.63, 3.8) is 0 Å². The summed E-state index contributed by atoms with van der Waals surface area (Å²) in [7, 11) is 0. The fraction of sp³-hybridized carbons (Fsp3) is 0.200. The van der Waals surface area contributed by atoms with Gasteiger partial charge in [-0.3, -0.25) is 4.68 Å². The fourth-order valence-electron chi connectivity index (χ4n) is 2.82. The smallest absolute Gasteiger partial charge is 0.258 e. The van der Waals surface area contributed by atoms with Gasteiger partial charge in [0.1, 0.15) is 5.82 Å². The lowest BCUT2D eigenvalue weighted by molar-refractivity contribution is 0.425. The van der Waals surface area contributed by atoms with Crippen LogP contribution in [0.15, 0.2) is 65.6 Å². The van der Waals surface area contributed by atoms with Crippen molar-refractivity contribution in [2.45, 2.75) is 26.4 Å². The van der Waals surface area contributed by atoms with E-state index in [1.165, 1.54) is 5.56 Å². The molecule has 0 radical (unpaired) electrons. The highest BCUT2D eigenvalue weighted by molar-refractivity contribution is 5.58. The van der Waals surface area contributed by atoms with Crippen molar-refractivity contribution in [3.8, 4) is 11.5 Å². The predicted octanol–water partition coefficient (Wildman–Crippen LogP) is 3.86. The van der Waals surface area contributed by atoms with E-state index in [4.69, 9.17) is 4.52 Å². The van der Waals surface area contributed by atoms with Crippen LogP contribution in [-0.4, -0.2) is 24.9 Å². The zero-order valence-electron chi connectivity index (χ0n) is 15.2. The van der Waals surface area contributed by atoms with Crippen LogP contribution >= 0.6 is 0 Å². The van der Waals surface area contributed by atoms with E-state index in [-0.39, 0.29) is 6.04 Å². The fourth-order valence-corrected chi connectivity index (χ4v) is 2.82. The Morgan fingerprint density at radius 3 is 2.81 bits per heavy atom.